The second-order valence-corrected chi connectivity index (χ2v) is 6.74. The molecule has 3 aromatic carbocycles. The fourth-order valence-corrected chi connectivity index (χ4v) is 4.33. The number of hydrogen-bond acceptors (Lipinski definition) is 1. The quantitative estimate of drug-likeness (QED) is 0.514. The van der Waals surface area contributed by atoms with Gasteiger partial charge < -0.3 is 4.43 Å². The summed E-state index contributed by atoms with van der Waals surface area (Å²) in [4.78, 5) is 0. The van der Waals surface area contributed by atoms with Crippen LogP contribution in [0.1, 0.15) is 33.4 Å². The van der Waals surface area contributed by atoms with Gasteiger partial charge in [0, 0.05) is 0 Å². The van der Waals surface area contributed by atoms with Crippen molar-refractivity contribution < 1.29 is 4.43 Å². The van der Waals surface area contributed by atoms with Gasteiger partial charge in [0.15, 0.2) is 0 Å². The predicted molar refractivity (Wildman–Crippen MR) is 104 cm³/mol. The topological polar surface area (TPSA) is 9.23 Å². The lowest BCUT2D eigenvalue weighted by Gasteiger charge is -2.38. The minimum absolute atomic E-state index is 0.547. The normalized spacial score (nSPS) is 11.6. The Labute approximate surface area is 147 Å². The SMILES string of the molecule is Cc1ccccc1C(O[SiH3])(c1ccccc1C)c1ccccc1C. The largest absolute Gasteiger partial charge is 0.411 e. The lowest BCUT2D eigenvalue weighted by molar-refractivity contribution is 0.171. The zero-order valence-corrected chi connectivity index (χ0v) is 16.8. The molecule has 0 aliphatic rings. The molecule has 0 aliphatic heterocycles. The molecule has 0 saturated heterocycles. The minimum Gasteiger partial charge on any atom is -0.411 e. The molecule has 0 atom stereocenters. The molecule has 0 spiro atoms. The van der Waals surface area contributed by atoms with Crippen LogP contribution in [0.25, 0.3) is 0 Å². The Morgan fingerprint density at radius 2 is 0.875 bits per heavy atom. The summed E-state index contributed by atoms with van der Waals surface area (Å²) in [7, 11) is 0.644. The Morgan fingerprint density at radius 1 is 0.583 bits per heavy atom. The molecule has 24 heavy (non-hydrogen) atoms. The molecule has 0 aromatic heterocycles. The molecule has 0 saturated carbocycles. The maximum atomic E-state index is 6.48. The summed E-state index contributed by atoms with van der Waals surface area (Å²) >= 11 is 0. The molecular weight excluding hydrogens is 308 g/mol. The number of hydrogen-bond donors (Lipinski definition) is 0. The summed E-state index contributed by atoms with van der Waals surface area (Å²) in [6.07, 6.45) is 0. The molecule has 1 nitrogen and oxygen atoms in total. The van der Waals surface area contributed by atoms with E-state index < -0.39 is 5.60 Å². The molecule has 0 amide bonds. The standard InChI is InChI=1S/C22H24OSi/c1-16-10-4-7-13-19(16)22(23-24,20-14-8-5-11-17(20)2)21-15-9-6-12-18(21)3/h4-15H,1-3,24H3. The fourth-order valence-electron chi connectivity index (χ4n) is 3.67. The van der Waals surface area contributed by atoms with Gasteiger partial charge in [0.05, 0.1) is 0 Å². The molecule has 3 aromatic rings. The average Bonchev–Trinajstić information content (AvgIpc) is 2.60. The van der Waals surface area contributed by atoms with Crippen molar-refractivity contribution in [3.8, 4) is 0 Å². The average molecular weight is 333 g/mol. The first-order valence-electron chi connectivity index (χ1n) is 8.34. The molecule has 0 aliphatic carbocycles. The van der Waals surface area contributed by atoms with Gasteiger partial charge in [-0.05, 0) is 54.2 Å². The van der Waals surface area contributed by atoms with Gasteiger partial charge in [-0.15, -0.1) is 0 Å². The van der Waals surface area contributed by atoms with Gasteiger partial charge in [-0.3, -0.25) is 0 Å². The summed E-state index contributed by atoms with van der Waals surface area (Å²) in [5, 5.41) is 0. The van der Waals surface area contributed by atoms with Crippen molar-refractivity contribution >= 4 is 10.5 Å². The maximum Gasteiger partial charge on any atom is 0.148 e. The van der Waals surface area contributed by atoms with Crippen molar-refractivity contribution in [3.05, 3.63) is 106 Å². The summed E-state index contributed by atoms with van der Waals surface area (Å²) in [6.45, 7) is 6.50. The van der Waals surface area contributed by atoms with E-state index in [1.165, 1.54) is 33.4 Å². The van der Waals surface area contributed by atoms with Gasteiger partial charge in [-0.2, -0.15) is 0 Å². The number of rotatable bonds is 4. The Kier molecular flexibility index (Phi) is 4.70. The van der Waals surface area contributed by atoms with Gasteiger partial charge in [-0.25, -0.2) is 0 Å². The third kappa shape index (κ3) is 2.62. The third-order valence-electron chi connectivity index (χ3n) is 4.88. The van der Waals surface area contributed by atoms with Crippen LogP contribution in [0.3, 0.4) is 0 Å². The molecule has 2 heteroatoms. The second-order valence-electron chi connectivity index (χ2n) is 6.33. The van der Waals surface area contributed by atoms with E-state index in [-0.39, 0.29) is 0 Å². The molecule has 0 bridgehead atoms. The van der Waals surface area contributed by atoms with E-state index in [1.54, 1.807) is 0 Å². The summed E-state index contributed by atoms with van der Waals surface area (Å²) in [5.74, 6) is 0. The molecule has 0 unspecified atom stereocenters. The number of benzene rings is 3. The first kappa shape index (κ1) is 16.7. The highest BCUT2D eigenvalue weighted by Gasteiger charge is 2.38. The third-order valence-corrected chi connectivity index (χ3v) is 5.49. The van der Waals surface area contributed by atoms with E-state index in [4.69, 9.17) is 4.43 Å². The van der Waals surface area contributed by atoms with Crippen molar-refractivity contribution in [1.29, 1.82) is 0 Å². The highest BCUT2D eigenvalue weighted by Crippen LogP contribution is 2.43. The molecule has 0 heterocycles. The van der Waals surface area contributed by atoms with Gasteiger partial charge in [0.2, 0.25) is 0 Å². The first-order chi connectivity index (χ1) is 11.6. The van der Waals surface area contributed by atoms with Crippen molar-refractivity contribution in [3.63, 3.8) is 0 Å². The smallest absolute Gasteiger partial charge is 0.148 e. The lowest BCUT2D eigenvalue weighted by Crippen LogP contribution is -2.34. The van der Waals surface area contributed by atoms with Crippen molar-refractivity contribution in [2.75, 3.05) is 0 Å². The van der Waals surface area contributed by atoms with Crippen LogP contribution in [0.2, 0.25) is 0 Å². The van der Waals surface area contributed by atoms with Gasteiger partial charge in [0.1, 0.15) is 16.1 Å². The highest BCUT2D eigenvalue weighted by atomic mass is 28.2. The van der Waals surface area contributed by atoms with Gasteiger partial charge in [0.25, 0.3) is 0 Å². The minimum atomic E-state index is -0.547. The monoisotopic (exact) mass is 332 g/mol. The van der Waals surface area contributed by atoms with Crippen LogP contribution in [0.4, 0.5) is 0 Å². The van der Waals surface area contributed by atoms with Crippen molar-refractivity contribution in [2.24, 2.45) is 0 Å². The van der Waals surface area contributed by atoms with E-state index in [1.807, 2.05) is 0 Å². The van der Waals surface area contributed by atoms with Crippen LogP contribution < -0.4 is 0 Å². The fraction of sp³-hybridized carbons (Fsp3) is 0.182. The van der Waals surface area contributed by atoms with E-state index in [9.17, 15) is 0 Å². The van der Waals surface area contributed by atoms with E-state index in [0.29, 0.717) is 10.5 Å². The van der Waals surface area contributed by atoms with Crippen LogP contribution in [0.15, 0.2) is 72.8 Å². The van der Waals surface area contributed by atoms with Gasteiger partial charge in [-0.1, -0.05) is 72.8 Å². The maximum absolute atomic E-state index is 6.48. The lowest BCUT2D eigenvalue weighted by atomic mass is 9.75. The zero-order valence-electron chi connectivity index (χ0n) is 14.8. The summed E-state index contributed by atoms with van der Waals surface area (Å²) in [5.41, 5.74) is 6.88. The molecule has 122 valence electrons. The first-order valence-corrected chi connectivity index (χ1v) is 9.16. The molecule has 0 radical (unpaired) electrons. The van der Waals surface area contributed by atoms with Crippen LogP contribution in [0, 0.1) is 20.8 Å². The Balaban J connectivity index is 2.43. The van der Waals surface area contributed by atoms with E-state index >= 15 is 0 Å². The molecular formula is C22H24OSi. The van der Waals surface area contributed by atoms with Crippen molar-refractivity contribution in [2.45, 2.75) is 26.4 Å². The molecule has 3 rings (SSSR count). The predicted octanol–water partition coefficient (Wildman–Crippen LogP) is 4.20. The van der Waals surface area contributed by atoms with Crippen molar-refractivity contribution in [1.82, 2.24) is 0 Å². The second kappa shape index (κ2) is 6.76. The molecule has 0 fully saturated rings. The van der Waals surface area contributed by atoms with Crippen LogP contribution in [-0.2, 0) is 10.0 Å². The van der Waals surface area contributed by atoms with E-state index in [2.05, 4.69) is 93.6 Å². The van der Waals surface area contributed by atoms with Gasteiger partial charge >= 0.3 is 0 Å². The Hall–Kier alpha value is -2.16. The number of aryl methyl sites for hydroxylation is 3. The molecule has 0 N–H and O–H groups in total. The van der Waals surface area contributed by atoms with Crippen LogP contribution in [0.5, 0.6) is 0 Å². The summed E-state index contributed by atoms with van der Waals surface area (Å²) in [6, 6.07) is 25.7. The van der Waals surface area contributed by atoms with Crippen LogP contribution >= 0.6 is 0 Å². The Bertz CT molecular complexity index is 743. The van der Waals surface area contributed by atoms with E-state index in [0.717, 1.165) is 0 Å². The highest BCUT2D eigenvalue weighted by molar-refractivity contribution is 5.99. The van der Waals surface area contributed by atoms with Crippen LogP contribution in [-0.4, -0.2) is 10.5 Å². The summed E-state index contributed by atoms with van der Waals surface area (Å²) < 4.78 is 6.48. The Morgan fingerprint density at radius 3 is 1.12 bits per heavy atom. The zero-order chi connectivity index (χ0) is 17.2.